The Bertz CT molecular complexity index is 482. The van der Waals surface area contributed by atoms with Gasteiger partial charge in [0, 0.05) is 24.1 Å². The number of pyridine rings is 1. The fourth-order valence-electron chi connectivity index (χ4n) is 1.71. The van der Waals surface area contributed by atoms with E-state index in [1.165, 1.54) is 0 Å². The van der Waals surface area contributed by atoms with Crippen molar-refractivity contribution in [2.45, 2.75) is 12.8 Å². The summed E-state index contributed by atoms with van der Waals surface area (Å²) in [5.74, 6) is 0.233. The fourth-order valence-corrected chi connectivity index (χ4v) is 1.71. The highest BCUT2D eigenvalue weighted by Gasteiger charge is 2.10. The monoisotopic (exact) mass is 203 g/mol. The average molecular weight is 203 g/mol. The predicted molar refractivity (Wildman–Crippen MR) is 58.9 cm³/mol. The van der Waals surface area contributed by atoms with E-state index in [0.717, 1.165) is 10.9 Å². The first-order valence-electron chi connectivity index (χ1n) is 4.91. The maximum atomic E-state index is 9.63. The molecule has 1 atom stereocenters. The summed E-state index contributed by atoms with van der Waals surface area (Å²) in [6, 6.07) is 7.19. The lowest BCUT2D eigenvalue weighted by molar-refractivity contribution is 0.273. The van der Waals surface area contributed by atoms with Crippen molar-refractivity contribution in [2.75, 3.05) is 6.61 Å². The summed E-state index contributed by atoms with van der Waals surface area (Å²) >= 11 is 0. The number of benzene rings is 1. The zero-order chi connectivity index (χ0) is 10.8. The summed E-state index contributed by atoms with van der Waals surface area (Å²) in [5.41, 5.74) is 1.61. The molecule has 0 radical (unpaired) electrons. The number of aromatic hydroxyl groups is 1. The molecule has 0 saturated heterocycles. The highest BCUT2D eigenvalue weighted by atomic mass is 16.3. The van der Waals surface area contributed by atoms with E-state index in [1.54, 1.807) is 12.3 Å². The number of hydrogen-bond donors (Lipinski definition) is 2. The van der Waals surface area contributed by atoms with Crippen LogP contribution in [0.4, 0.5) is 0 Å². The van der Waals surface area contributed by atoms with Gasteiger partial charge >= 0.3 is 0 Å². The average Bonchev–Trinajstić information content (AvgIpc) is 2.29. The molecule has 0 amide bonds. The van der Waals surface area contributed by atoms with Crippen LogP contribution in [0.2, 0.25) is 0 Å². The van der Waals surface area contributed by atoms with Crippen LogP contribution in [-0.2, 0) is 0 Å². The van der Waals surface area contributed by atoms with Crippen LogP contribution in [0, 0.1) is 0 Å². The van der Waals surface area contributed by atoms with E-state index in [9.17, 15) is 5.11 Å². The number of aliphatic hydroxyl groups is 1. The molecule has 2 N–H and O–H groups in total. The number of fused-ring (bicyclic) bond motifs is 1. The smallest absolute Gasteiger partial charge is 0.141 e. The van der Waals surface area contributed by atoms with E-state index >= 15 is 0 Å². The molecule has 3 nitrogen and oxygen atoms in total. The largest absolute Gasteiger partial charge is 0.506 e. The maximum absolute atomic E-state index is 9.63. The summed E-state index contributed by atoms with van der Waals surface area (Å²) in [7, 11) is 0. The second-order valence-corrected chi connectivity index (χ2v) is 3.66. The number of aliphatic hydroxyl groups excluding tert-OH is 1. The third-order valence-electron chi connectivity index (χ3n) is 2.59. The van der Waals surface area contributed by atoms with Crippen LogP contribution >= 0.6 is 0 Å². The van der Waals surface area contributed by atoms with Crippen molar-refractivity contribution < 1.29 is 10.2 Å². The molecule has 1 unspecified atom stereocenters. The van der Waals surface area contributed by atoms with Gasteiger partial charge in [0.2, 0.25) is 0 Å². The van der Waals surface area contributed by atoms with Gasteiger partial charge in [-0.05, 0) is 17.7 Å². The quantitative estimate of drug-likeness (QED) is 0.785. The first-order valence-corrected chi connectivity index (χ1v) is 4.91. The normalized spacial score (nSPS) is 12.9. The molecule has 2 rings (SSSR count). The van der Waals surface area contributed by atoms with E-state index in [1.807, 2.05) is 25.1 Å². The minimum atomic E-state index is 0.0531. The zero-order valence-electron chi connectivity index (χ0n) is 8.51. The van der Waals surface area contributed by atoms with Crippen LogP contribution in [-0.4, -0.2) is 21.8 Å². The summed E-state index contributed by atoms with van der Waals surface area (Å²) in [5, 5.41) is 19.7. The van der Waals surface area contributed by atoms with Crippen LogP contribution in [0.3, 0.4) is 0 Å². The molecule has 1 heterocycles. The maximum Gasteiger partial charge on any atom is 0.141 e. The van der Waals surface area contributed by atoms with Crippen molar-refractivity contribution in [3.8, 4) is 5.75 Å². The van der Waals surface area contributed by atoms with E-state index in [4.69, 9.17) is 5.11 Å². The first-order chi connectivity index (χ1) is 7.24. The molecule has 0 fully saturated rings. The third-order valence-corrected chi connectivity index (χ3v) is 2.59. The minimum absolute atomic E-state index is 0.0531. The summed E-state index contributed by atoms with van der Waals surface area (Å²) in [4.78, 5) is 4.13. The number of aromatic nitrogens is 1. The minimum Gasteiger partial charge on any atom is -0.506 e. The van der Waals surface area contributed by atoms with Gasteiger partial charge in [0.1, 0.15) is 11.3 Å². The Morgan fingerprint density at radius 3 is 2.87 bits per heavy atom. The fraction of sp³-hybridized carbons (Fsp3) is 0.250. The molecule has 15 heavy (non-hydrogen) atoms. The van der Waals surface area contributed by atoms with Gasteiger partial charge in [0.05, 0.1) is 0 Å². The van der Waals surface area contributed by atoms with E-state index in [2.05, 4.69) is 4.98 Å². The predicted octanol–water partition coefficient (Wildman–Crippen LogP) is 2.04. The lowest BCUT2D eigenvalue weighted by Crippen LogP contribution is -2.00. The van der Waals surface area contributed by atoms with Crippen LogP contribution < -0.4 is 0 Å². The van der Waals surface area contributed by atoms with Gasteiger partial charge in [0.15, 0.2) is 0 Å². The van der Waals surface area contributed by atoms with Crippen LogP contribution in [0.1, 0.15) is 18.4 Å². The lowest BCUT2D eigenvalue weighted by atomic mass is 9.97. The third kappa shape index (κ3) is 1.66. The number of phenols is 1. The van der Waals surface area contributed by atoms with Gasteiger partial charge in [-0.2, -0.15) is 0 Å². The molecule has 0 aliphatic heterocycles. The van der Waals surface area contributed by atoms with Crippen LogP contribution in [0.25, 0.3) is 10.9 Å². The van der Waals surface area contributed by atoms with E-state index in [-0.39, 0.29) is 18.3 Å². The van der Waals surface area contributed by atoms with E-state index in [0.29, 0.717) is 5.52 Å². The number of hydrogen-bond acceptors (Lipinski definition) is 3. The molecule has 0 aliphatic rings. The molecule has 0 spiro atoms. The van der Waals surface area contributed by atoms with Gasteiger partial charge in [-0.25, -0.2) is 0 Å². The van der Waals surface area contributed by atoms with Gasteiger partial charge in [-0.3, -0.25) is 4.98 Å². The number of rotatable bonds is 2. The molecule has 0 aliphatic carbocycles. The second-order valence-electron chi connectivity index (χ2n) is 3.66. The highest BCUT2D eigenvalue weighted by molar-refractivity contribution is 5.87. The molecule has 1 aromatic carbocycles. The van der Waals surface area contributed by atoms with Gasteiger partial charge in [0.25, 0.3) is 0 Å². The van der Waals surface area contributed by atoms with Gasteiger partial charge in [-0.15, -0.1) is 0 Å². The van der Waals surface area contributed by atoms with Crippen LogP contribution in [0.5, 0.6) is 5.75 Å². The van der Waals surface area contributed by atoms with Crippen molar-refractivity contribution >= 4 is 10.9 Å². The molecule has 3 heteroatoms. The molecule has 2 aromatic rings. The summed E-state index contributed by atoms with van der Waals surface area (Å²) < 4.78 is 0. The first kappa shape index (κ1) is 9.93. The molecular formula is C12H13NO2. The SMILES string of the molecule is CC(CO)c1ccc(O)c2ncccc12. The Kier molecular flexibility index (Phi) is 2.56. The molecule has 1 aromatic heterocycles. The van der Waals surface area contributed by atoms with Crippen molar-refractivity contribution in [3.63, 3.8) is 0 Å². The molecule has 78 valence electrons. The number of nitrogens with zero attached hydrogens (tertiary/aromatic N) is 1. The topological polar surface area (TPSA) is 53.4 Å². The highest BCUT2D eigenvalue weighted by Crippen LogP contribution is 2.29. The van der Waals surface area contributed by atoms with Gasteiger partial charge in [-0.1, -0.05) is 19.1 Å². The Labute approximate surface area is 88.0 Å². The Hall–Kier alpha value is -1.61. The molecular weight excluding hydrogens is 190 g/mol. The summed E-state index contributed by atoms with van der Waals surface area (Å²) in [6.45, 7) is 2.04. The van der Waals surface area contributed by atoms with Crippen LogP contribution in [0.15, 0.2) is 30.5 Å². The lowest BCUT2D eigenvalue weighted by Gasteiger charge is -2.12. The summed E-state index contributed by atoms with van der Waals surface area (Å²) in [6.07, 6.45) is 1.65. The Balaban J connectivity index is 2.71. The Morgan fingerprint density at radius 1 is 1.33 bits per heavy atom. The second kappa shape index (κ2) is 3.87. The van der Waals surface area contributed by atoms with Crippen molar-refractivity contribution in [2.24, 2.45) is 0 Å². The van der Waals surface area contributed by atoms with Crippen molar-refractivity contribution in [1.82, 2.24) is 4.98 Å². The Morgan fingerprint density at radius 2 is 2.13 bits per heavy atom. The standard InChI is InChI=1S/C12H13NO2/c1-8(7-14)9-4-5-11(15)12-10(9)3-2-6-13-12/h2-6,8,14-15H,7H2,1H3. The van der Waals surface area contributed by atoms with E-state index < -0.39 is 0 Å². The zero-order valence-corrected chi connectivity index (χ0v) is 8.51. The van der Waals surface area contributed by atoms with Gasteiger partial charge < -0.3 is 10.2 Å². The number of phenolic OH excluding ortho intramolecular Hbond substituents is 1. The molecule has 0 saturated carbocycles. The molecule has 0 bridgehead atoms. The van der Waals surface area contributed by atoms with Crippen molar-refractivity contribution in [3.05, 3.63) is 36.0 Å². The van der Waals surface area contributed by atoms with Crippen molar-refractivity contribution in [1.29, 1.82) is 0 Å².